The fraction of sp³-hybridized carbons (Fsp3) is 0.276. The number of methoxy groups -OCH3 is 1. The van der Waals surface area contributed by atoms with Gasteiger partial charge in [0.25, 0.3) is 0 Å². The van der Waals surface area contributed by atoms with Crippen molar-refractivity contribution in [3.63, 3.8) is 0 Å². The second kappa shape index (κ2) is 12.0. The highest BCUT2D eigenvalue weighted by Gasteiger charge is 2.10. The van der Waals surface area contributed by atoms with Crippen LogP contribution in [0.5, 0.6) is 0 Å². The normalized spacial score (nSPS) is 11.9. The molecule has 3 rings (SSSR count). The van der Waals surface area contributed by atoms with Gasteiger partial charge >= 0.3 is 0 Å². The molecule has 0 spiro atoms. The van der Waals surface area contributed by atoms with Crippen molar-refractivity contribution < 1.29 is 9.15 Å². The van der Waals surface area contributed by atoms with E-state index < -0.39 is 5.60 Å². The van der Waals surface area contributed by atoms with Crippen LogP contribution in [-0.4, -0.2) is 35.7 Å². The molecule has 4 heteroatoms. The summed E-state index contributed by atoms with van der Waals surface area (Å²) < 4.78 is 10.7. The van der Waals surface area contributed by atoms with Crippen molar-refractivity contribution in [2.45, 2.75) is 32.9 Å². The number of rotatable bonds is 9. The number of ether oxygens (including phenoxy) is 1. The molecule has 1 aromatic heterocycles. The number of hydrogen-bond donors (Lipinski definition) is 0. The summed E-state index contributed by atoms with van der Waals surface area (Å²) in [6.45, 7) is 8.81. The zero-order chi connectivity index (χ0) is 23.5. The van der Waals surface area contributed by atoms with Gasteiger partial charge in [-0.25, -0.2) is 4.98 Å². The second-order valence-electron chi connectivity index (χ2n) is 8.28. The van der Waals surface area contributed by atoms with E-state index in [-0.39, 0.29) is 0 Å². The fourth-order valence-electron chi connectivity index (χ4n) is 3.23. The van der Waals surface area contributed by atoms with Crippen LogP contribution >= 0.6 is 0 Å². The van der Waals surface area contributed by atoms with Crippen LogP contribution in [0.2, 0.25) is 0 Å². The maximum atomic E-state index is 5.40. The summed E-state index contributed by atoms with van der Waals surface area (Å²) in [4.78, 5) is 6.38. The van der Waals surface area contributed by atoms with E-state index in [1.165, 1.54) is 17.5 Å². The Morgan fingerprint density at radius 2 is 1.85 bits per heavy atom. The first-order valence-corrected chi connectivity index (χ1v) is 11.2. The first kappa shape index (κ1) is 24.3. The van der Waals surface area contributed by atoms with Crippen molar-refractivity contribution >= 4 is 12.2 Å². The zero-order valence-corrected chi connectivity index (χ0v) is 19.9. The topological polar surface area (TPSA) is 38.5 Å². The predicted octanol–water partition coefficient (Wildman–Crippen LogP) is 6.32. The van der Waals surface area contributed by atoms with E-state index in [1.54, 1.807) is 13.3 Å². The summed E-state index contributed by atoms with van der Waals surface area (Å²) in [6, 6.07) is 16.9. The third-order valence-corrected chi connectivity index (χ3v) is 5.32. The summed E-state index contributed by atoms with van der Waals surface area (Å²) in [5.74, 6) is 6.95. The minimum atomic E-state index is -0.417. The minimum Gasteiger partial charge on any atom is -0.444 e. The van der Waals surface area contributed by atoms with Gasteiger partial charge in [0.2, 0.25) is 0 Å². The van der Waals surface area contributed by atoms with Crippen molar-refractivity contribution in [3.8, 4) is 23.2 Å². The van der Waals surface area contributed by atoms with Crippen molar-refractivity contribution in [3.05, 3.63) is 90.0 Å². The van der Waals surface area contributed by atoms with E-state index in [2.05, 4.69) is 83.3 Å². The molecule has 0 fully saturated rings. The monoisotopic (exact) mass is 440 g/mol. The van der Waals surface area contributed by atoms with Crippen LogP contribution in [0.4, 0.5) is 0 Å². The standard InChI is InChI=1S/C29H32N2O2/c1-5-31(18-8-6-7-17-29(2,3)32-4)22-26-13-9-11-24(19-26)15-16-25-12-10-14-27(20-25)28-21-30-23-33-28/h6,8-16,19-21,23H,5,18,22H2,1-4H3. The SMILES string of the molecule is CCN(CC=CC#CC(C)(C)OC)Cc1cccc(C=Cc2cccc(-c3cnco3)c2)c1. The van der Waals surface area contributed by atoms with Gasteiger partial charge in [0, 0.05) is 25.8 Å². The molecule has 1 heterocycles. The molecule has 0 saturated carbocycles. The number of nitrogens with zero attached hydrogens (tertiary/aromatic N) is 2. The largest absolute Gasteiger partial charge is 0.444 e. The Kier molecular flexibility index (Phi) is 8.83. The molecule has 170 valence electrons. The van der Waals surface area contributed by atoms with Crippen LogP contribution in [0, 0.1) is 11.8 Å². The Hall–Kier alpha value is -3.39. The number of benzene rings is 2. The molecule has 0 unspecified atom stereocenters. The highest BCUT2D eigenvalue weighted by molar-refractivity contribution is 5.72. The smallest absolute Gasteiger partial charge is 0.181 e. The van der Waals surface area contributed by atoms with E-state index in [0.717, 1.165) is 36.5 Å². The summed E-state index contributed by atoms with van der Waals surface area (Å²) in [5.41, 5.74) is 4.18. The van der Waals surface area contributed by atoms with E-state index in [1.807, 2.05) is 32.1 Å². The van der Waals surface area contributed by atoms with Crippen LogP contribution in [-0.2, 0) is 11.3 Å². The molecule has 0 aliphatic carbocycles. The minimum absolute atomic E-state index is 0.417. The molecule has 33 heavy (non-hydrogen) atoms. The Bertz CT molecular complexity index is 1130. The van der Waals surface area contributed by atoms with Crippen molar-refractivity contribution in [2.24, 2.45) is 0 Å². The predicted molar refractivity (Wildman–Crippen MR) is 136 cm³/mol. The van der Waals surface area contributed by atoms with Crippen LogP contribution in [0.3, 0.4) is 0 Å². The lowest BCUT2D eigenvalue weighted by atomic mass is 10.1. The Morgan fingerprint density at radius 3 is 2.55 bits per heavy atom. The molecule has 0 aliphatic heterocycles. The van der Waals surface area contributed by atoms with E-state index >= 15 is 0 Å². The number of hydrogen-bond acceptors (Lipinski definition) is 4. The van der Waals surface area contributed by atoms with Gasteiger partial charge in [-0.1, -0.05) is 79.5 Å². The van der Waals surface area contributed by atoms with Crippen LogP contribution in [0.15, 0.2) is 77.7 Å². The molecule has 0 bridgehead atoms. The molecular formula is C29H32N2O2. The third kappa shape index (κ3) is 7.91. The zero-order valence-electron chi connectivity index (χ0n) is 19.9. The summed E-state index contributed by atoms with van der Waals surface area (Å²) >= 11 is 0. The number of oxazole rings is 1. The summed E-state index contributed by atoms with van der Waals surface area (Å²) in [7, 11) is 1.68. The number of allylic oxidation sites excluding steroid dienone is 1. The van der Waals surface area contributed by atoms with Crippen molar-refractivity contribution in [1.82, 2.24) is 9.88 Å². The van der Waals surface area contributed by atoms with Gasteiger partial charge in [-0.05, 0) is 49.2 Å². The highest BCUT2D eigenvalue weighted by atomic mass is 16.5. The average Bonchev–Trinajstić information content (AvgIpc) is 3.37. The molecule has 0 N–H and O–H groups in total. The lowest BCUT2D eigenvalue weighted by Gasteiger charge is -2.18. The highest BCUT2D eigenvalue weighted by Crippen LogP contribution is 2.21. The van der Waals surface area contributed by atoms with Gasteiger partial charge in [0.1, 0.15) is 5.60 Å². The van der Waals surface area contributed by atoms with Gasteiger partial charge in [0.15, 0.2) is 12.2 Å². The first-order valence-electron chi connectivity index (χ1n) is 11.2. The molecule has 2 aromatic carbocycles. The molecule has 0 radical (unpaired) electrons. The number of aromatic nitrogens is 1. The lowest BCUT2D eigenvalue weighted by Crippen LogP contribution is -2.22. The average molecular weight is 441 g/mol. The van der Waals surface area contributed by atoms with E-state index in [4.69, 9.17) is 9.15 Å². The number of likely N-dealkylation sites (N-methyl/N-ethyl adjacent to an activating group) is 1. The van der Waals surface area contributed by atoms with Crippen LogP contribution < -0.4 is 0 Å². The summed E-state index contributed by atoms with van der Waals surface area (Å²) in [6.07, 6.45) is 11.5. The van der Waals surface area contributed by atoms with E-state index in [9.17, 15) is 0 Å². The third-order valence-electron chi connectivity index (χ3n) is 5.32. The van der Waals surface area contributed by atoms with Gasteiger partial charge in [0.05, 0.1) is 6.20 Å². The Morgan fingerprint density at radius 1 is 1.09 bits per heavy atom. The molecule has 4 nitrogen and oxygen atoms in total. The van der Waals surface area contributed by atoms with Gasteiger partial charge in [-0.2, -0.15) is 0 Å². The molecule has 0 aliphatic rings. The second-order valence-corrected chi connectivity index (χ2v) is 8.28. The van der Waals surface area contributed by atoms with Gasteiger partial charge in [-0.3, -0.25) is 4.90 Å². The molecule has 3 aromatic rings. The maximum Gasteiger partial charge on any atom is 0.181 e. The van der Waals surface area contributed by atoms with Crippen LogP contribution in [0.25, 0.3) is 23.5 Å². The van der Waals surface area contributed by atoms with Gasteiger partial charge in [-0.15, -0.1) is 0 Å². The quantitative estimate of drug-likeness (QED) is 0.288. The molecule has 0 amide bonds. The Balaban J connectivity index is 1.61. The molecule has 0 atom stereocenters. The Labute approximate surface area is 197 Å². The molecule has 0 saturated heterocycles. The van der Waals surface area contributed by atoms with Crippen molar-refractivity contribution in [2.75, 3.05) is 20.2 Å². The summed E-state index contributed by atoms with van der Waals surface area (Å²) in [5, 5.41) is 0. The molecular weight excluding hydrogens is 408 g/mol. The van der Waals surface area contributed by atoms with Gasteiger partial charge < -0.3 is 9.15 Å². The fourth-order valence-corrected chi connectivity index (χ4v) is 3.23. The maximum absolute atomic E-state index is 5.40. The lowest BCUT2D eigenvalue weighted by molar-refractivity contribution is 0.0742. The first-order chi connectivity index (χ1) is 16.0. The van der Waals surface area contributed by atoms with Crippen molar-refractivity contribution in [1.29, 1.82) is 0 Å². The van der Waals surface area contributed by atoms with Crippen LogP contribution in [0.1, 0.15) is 37.5 Å². The van der Waals surface area contributed by atoms with E-state index in [0.29, 0.717) is 0 Å².